The van der Waals surface area contributed by atoms with Crippen LogP contribution in [0, 0.1) is 0 Å². The van der Waals surface area contributed by atoms with E-state index < -0.39 is 15.7 Å². The van der Waals surface area contributed by atoms with Crippen LogP contribution in [0.1, 0.15) is 25.0 Å². The molecule has 0 spiro atoms. The second-order valence-electron chi connectivity index (χ2n) is 5.52. The van der Waals surface area contributed by atoms with Gasteiger partial charge in [0.25, 0.3) is 10.1 Å². The molecule has 0 saturated carbocycles. The molecule has 6 heteroatoms. The molecule has 0 amide bonds. The molecule has 2 aromatic carbocycles. The fourth-order valence-corrected chi connectivity index (χ4v) is 3.70. The fourth-order valence-electron chi connectivity index (χ4n) is 2.78. The van der Waals surface area contributed by atoms with Gasteiger partial charge in [-0.25, -0.2) is 0 Å². The minimum atomic E-state index is -3.71. The lowest BCUT2D eigenvalue weighted by Crippen LogP contribution is -2.37. The van der Waals surface area contributed by atoms with Crippen LogP contribution in [0.3, 0.4) is 0 Å². The third kappa shape index (κ3) is 2.96. The number of rotatable bonds is 5. The van der Waals surface area contributed by atoms with E-state index in [-0.39, 0.29) is 11.5 Å². The molecule has 0 saturated heterocycles. The number of allylic oxidation sites excluding steroid dienone is 1. The molecule has 1 aliphatic heterocycles. The van der Waals surface area contributed by atoms with Gasteiger partial charge in [0.1, 0.15) is 11.3 Å². The summed E-state index contributed by atoms with van der Waals surface area (Å²) < 4.78 is 28.8. The minimum absolute atomic E-state index is 0.107. The van der Waals surface area contributed by atoms with Crippen molar-refractivity contribution in [2.45, 2.75) is 24.3 Å². The van der Waals surface area contributed by atoms with Crippen molar-refractivity contribution in [2.24, 2.45) is 0 Å². The number of hydrogen-bond acceptors (Lipinski definition) is 5. The Morgan fingerprint density at radius 2 is 1.67 bits per heavy atom. The van der Waals surface area contributed by atoms with Crippen LogP contribution in [-0.4, -0.2) is 15.0 Å². The van der Waals surface area contributed by atoms with Crippen LogP contribution in [0.5, 0.6) is 0 Å². The summed E-state index contributed by atoms with van der Waals surface area (Å²) >= 11 is 0. The Kier molecular flexibility index (Phi) is 4.45. The van der Waals surface area contributed by atoms with Crippen molar-refractivity contribution in [3.05, 3.63) is 77.6 Å². The molecule has 1 atom stereocenters. The molecule has 0 fully saturated rings. The first-order valence-electron chi connectivity index (χ1n) is 7.67. The summed E-state index contributed by atoms with van der Waals surface area (Å²) in [7, 11) is -3.71. The molecule has 0 radical (unpaired) electrons. The number of benzene rings is 2. The molecule has 0 aliphatic carbocycles. The SMILES string of the molecule is CCOS(=O)(=O)c1ccc(C2(c3ccccc3)C=C(C)ON2)cc1. The molecule has 1 unspecified atom stereocenters. The van der Waals surface area contributed by atoms with Crippen molar-refractivity contribution in [3.8, 4) is 0 Å². The van der Waals surface area contributed by atoms with Gasteiger partial charge in [-0.2, -0.15) is 8.42 Å². The van der Waals surface area contributed by atoms with E-state index in [1.807, 2.05) is 43.3 Å². The molecule has 0 aromatic heterocycles. The Balaban J connectivity index is 2.05. The lowest BCUT2D eigenvalue weighted by atomic mass is 9.83. The van der Waals surface area contributed by atoms with Crippen LogP contribution in [0.15, 0.2) is 71.3 Å². The summed E-state index contributed by atoms with van der Waals surface area (Å²) in [5.41, 5.74) is 4.29. The third-order valence-electron chi connectivity index (χ3n) is 3.89. The van der Waals surface area contributed by atoms with Gasteiger partial charge < -0.3 is 4.84 Å². The molecular weight excluding hydrogens is 326 g/mol. The summed E-state index contributed by atoms with van der Waals surface area (Å²) in [5, 5.41) is 0. The van der Waals surface area contributed by atoms with Crippen LogP contribution in [-0.2, 0) is 24.7 Å². The maximum Gasteiger partial charge on any atom is 0.296 e. The van der Waals surface area contributed by atoms with Gasteiger partial charge in [0.2, 0.25) is 0 Å². The zero-order chi connectivity index (χ0) is 17.2. The Labute approximate surface area is 142 Å². The van der Waals surface area contributed by atoms with Gasteiger partial charge in [-0.3, -0.25) is 4.18 Å². The van der Waals surface area contributed by atoms with E-state index in [0.717, 1.165) is 16.9 Å². The van der Waals surface area contributed by atoms with E-state index in [4.69, 9.17) is 9.02 Å². The summed E-state index contributed by atoms with van der Waals surface area (Å²) in [6, 6.07) is 16.5. The predicted molar refractivity (Wildman–Crippen MR) is 90.5 cm³/mol. The van der Waals surface area contributed by atoms with E-state index >= 15 is 0 Å². The summed E-state index contributed by atoms with van der Waals surface area (Å²) in [4.78, 5) is 5.62. The first kappa shape index (κ1) is 16.7. The Morgan fingerprint density at radius 1 is 1.04 bits per heavy atom. The van der Waals surface area contributed by atoms with Crippen molar-refractivity contribution >= 4 is 10.1 Å². The lowest BCUT2D eigenvalue weighted by Gasteiger charge is -2.27. The molecule has 1 aliphatic rings. The number of hydroxylamine groups is 1. The van der Waals surface area contributed by atoms with Gasteiger partial charge in [-0.15, -0.1) is 5.48 Å². The smallest absolute Gasteiger partial charge is 0.296 e. The van der Waals surface area contributed by atoms with Gasteiger partial charge in [0, 0.05) is 0 Å². The lowest BCUT2D eigenvalue weighted by molar-refractivity contribution is 0.0927. The zero-order valence-corrected chi connectivity index (χ0v) is 14.3. The van der Waals surface area contributed by atoms with Gasteiger partial charge in [-0.05, 0) is 43.2 Å². The van der Waals surface area contributed by atoms with Crippen molar-refractivity contribution < 1.29 is 17.4 Å². The molecule has 1 N–H and O–H groups in total. The average molecular weight is 345 g/mol. The molecule has 2 aromatic rings. The molecule has 0 bridgehead atoms. The molecule has 5 nitrogen and oxygen atoms in total. The largest absolute Gasteiger partial charge is 0.412 e. The molecule has 3 rings (SSSR count). The van der Waals surface area contributed by atoms with Crippen LogP contribution in [0.2, 0.25) is 0 Å². The predicted octanol–water partition coefficient (Wildman–Crippen LogP) is 3.09. The van der Waals surface area contributed by atoms with Crippen LogP contribution >= 0.6 is 0 Å². The number of hydrogen-bond donors (Lipinski definition) is 1. The number of nitrogens with one attached hydrogen (secondary N) is 1. The summed E-state index contributed by atoms with van der Waals surface area (Å²) in [6.45, 7) is 3.62. The fraction of sp³-hybridized carbons (Fsp3) is 0.222. The quantitative estimate of drug-likeness (QED) is 0.844. The van der Waals surface area contributed by atoms with Gasteiger partial charge in [0.15, 0.2) is 0 Å². The van der Waals surface area contributed by atoms with Crippen molar-refractivity contribution in [1.82, 2.24) is 5.48 Å². The first-order valence-corrected chi connectivity index (χ1v) is 9.08. The molecular formula is C18H19NO4S. The first-order chi connectivity index (χ1) is 11.5. The Hall–Kier alpha value is -2.15. The minimum Gasteiger partial charge on any atom is -0.412 e. The Morgan fingerprint density at radius 3 is 2.21 bits per heavy atom. The monoisotopic (exact) mass is 345 g/mol. The van der Waals surface area contributed by atoms with Gasteiger partial charge in [-0.1, -0.05) is 42.5 Å². The Bertz CT molecular complexity index is 844. The molecule has 1 heterocycles. The van der Waals surface area contributed by atoms with E-state index in [1.165, 1.54) is 0 Å². The topological polar surface area (TPSA) is 64.6 Å². The average Bonchev–Trinajstić information content (AvgIpc) is 2.99. The zero-order valence-electron chi connectivity index (χ0n) is 13.5. The highest BCUT2D eigenvalue weighted by Crippen LogP contribution is 2.36. The van der Waals surface area contributed by atoms with Crippen LogP contribution in [0.4, 0.5) is 0 Å². The van der Waals surface area contributed by atoms with Crippen molar-refractivity contribution in [3.63, 3.8) is 0 Å². The van der Waals surface area contributed by atoms with E-state index in [9.17, 15) is 8.42 Å². The third-order valence-corrected chi connectivity index (χ3v) is 5.29. The second-order valence-corrected chi connectivity index (χ2v) is 7.13. The molecule has 126 valence electrons. The highest BCUT2D eigenvalue weighted by Gasteiger charge is 2.37. The highest BCUT2D eigenvalue weighted by molar-refractivity contribution is 7.86. The normalized spacial score (nSPS) is 20.5. The van der Waals surface area contributed by atoms with Gasteiger partial charge >= 0.3 is 0 Å². The van der Waals surface area contributed by atoms with Crippen molar-refractivity contribution in [1.29, 1.82) is 0 Å². The van der Waals surface area contributed by atoms with Gasteiger partial charge in [0.05, 0.1) is 11.5 Å². The van der Waals surface area contributed by atoms with Crippen LogP contribution in [0.25, 0.3) is 0 Å². The standard InChI is InChI=1S/C18H19NO4S/c1-3-22-24(20,21)17-11-9-16(10-12-17)18(13-14(2)23-19-18)15-7-5-4-6-8-15/h4-13,19H,3H2,1-2H3. The highest BCUT2D eigenvalue weighted by atomic mass is 32.2. The molecule has 24 heavy (non-hydrogen) atoms. The maximum atomic E-state index is 12.0. The maximum absolute atomic E-state index is 12.0. The van der Waals surface area contributed by atoms with E-state index in [2.05, 4.69) is 5.48 Å². The van der Waals surface area contributed by atoms with Crippen LogP contribution < -0.4 is 5.48 Å². The summed E-state index contributed by atoms with van der Waals surface area (Å²) in [6.07, 6.45) is 1.98. The van der Waals surface area contributed by atoms with Crippen molar-refractivity contribution in [2.75, 3.05) is 6.61 Å². The van der Waals surface area contributed by atoms with E-state index in [0.29, 0.717) is 0 Å². The second kappa shape index (κ2) is 6.39. The van der Waals surface area contributed by atoms with E-state index in [1.54, 1.807) is 31.2 Å². The summed E-state index contributed by atoms with van der Waals surface area (Å²) in [5.74, 6) is 0.755.